The molecule has 1 aromatic heterocycles. The fraction of sp³-hybridized carbons (Fsp3) is 0.529. The Morgan fingerprint density at radius 2 is 2.04 bits per heavy atom. The van der Waals surface area contributed by atoms with Crippen LogP contribution in [0.5, 0.6) is 0 Å². The molecule has 1 unspecified atom stereocenters. The Hall–Kier alpha value is -1.82. The number of benzene rings is 1. The summed E-state index contributed by atoms with van der Waals surface area (Å²) in [5.41, 5.74) is 0.582. The lowest BCUT2D eigenvalue weighted by atomic mass is 10.2. The first kappa shape index (κ1) is 16.1. The van der Waals surface area contributed by atoms with E-state index in [0.29, 0.717) is 13.1 Å². The van der Waals surface area contributed by atoms with Gasteiger partial charge in [-0.2, -0.15) is 0 Å². The predicted molar refractivity (Wildman–Crippen MR) is 94.2 cm³/mol. The number of hydrogen-bond acceptors (Lipinski definition) is 5. The van der Waals surface area contributed by atoms with Gasteiger partial charge in [-0.05, 0) is 39.8 Å². The summed E-state index contributed by atoms with van der Waals surface area (Å²) in [5.74, 6) is 0. The molecule has 2 heterocycles. The molecular formula is C17H23N3O2S. The summed E-state index contributed by atoms with van der Waals surface area (Å²) in [6, 6.07) is 8.40. The zero-order valence-electron chi connectivity index (χ0n) is 14.1. The predicted octanol–water partition coefficient (Wildman–Crippen LogP) is 3.74. The van der Waals surface area contributed by atoms with Crippen LogP contribution in [0.3, 0.4) is 0 Å². The second kappa shape index (κ2) is 6.00. The molecule has 6 heteroatoms. The highest BCUT2D eigenvalue weighted by atomic mass is 32.1. The van der Waals surface area contributed by atoms with Gasteiger partial charge < -0.3 is 14.5 Å². The number of anilines is 1. The van der Waals surface area contributed by atoms with Crippen LogP contribution in [0.1, 0.15) is 27.7 Å². The number of fused-ring (bicyclic) bond motifs is 1. The third-order valence-electron chi connectivity index (χ3n) is 3.81. The van der Waals surface area contributed by atoms with Gasteiger partial charge in [0.25, 0.3) is 0 Å². The van der Waals surface area contributed by atoms with Crippen molar-refractivity contribution >= 4 is 32.8 Å². The van der Waals surface area contributed by atoms with Crippen molar-refractivity contribution in [2.75, 3.05) is 24.5 Å². The number of carbonyl (C=O) groups excluding carboxylic acids is 1. The van der Waals surface area contributed by atoms with Gasteiger partial charge >= 0.3 is 6.09 Å². The molecular weight excluding hydrogens is 310 g/mol. The molecule has 0 saturated carbocycles. The number of piperazine rings is 1. The smallest absolute Gasteiger partial charge is 0.410 e. The minimum atomic E-state index is -0.454. The molecule has 1 aromatic carbocycles. The van der Waals surface area contributed by atoms with Crippen LogP contribution < -0.4 is 4.90 Å². The highest BCUT2D eigenvalue weighted by Crippen LogP contribution is 2.31. The molecule has 3 rings (SSSR count). The summed E-state index contributed by atoms with van der Waals surface area (Å²) in [6.45, 7) is 9.91. The van der Waals surface area contributed by atoms with Crippen LogP contribution in [0.15, 0.2) is 24.3 Å². The van der Waals surface area contributed by atoms with Crippen LogP contribution in [-0.2, 0) is 4.74 Å². The van der Waals surface area contributed by atoms with Gasteiger partial charge in [0, 0.05) is 25.7 Å². The Balaban J connectivity index is 1.70. The number of aromatic nitrogens is 1. The van der Waals surface area contributed by atoms with Crippen molar-refractivity contribution in [1.29, 1.82) is 0 Å². The van der Waals surface area contributed by atoms with E-state index in [2.05, 4.69) is 17.9 Å². The highest BCUT2D eigenvalue weighted by molar-refractivity contribution is 7.22. The maximum absolute atomic E-state index is 12.2. The largest absolute Gasteiger partial charge is 0.444 e. The van der Waals surface area contributed by atoms with E-state index in [0.717, 1.165) is 17.2 Å². The number of carbonyl (C=O) groups is 1. The molecule has 0 aliphatic carbocycles. The molecule has 5 nitrogen and oxygen atoms in total. The van der Waals surface area contributed by atoms with E-state index < -0.39 is 5.60 Å². The average molecular weight is 333 g/mol. The van der Waals surface area contributed by atoms with Gasteiger partial charge in [0.15, 0.2) is 5.13 Å². The molecule has 0 N–H and O–H groups in total. The topological polar surface area (TPSA) is 45.7 Å². The van der Waals surface area contributed by atoms with Crippen molar-refractivity contribution in [1.82, 2.24) is 9.88 Å². The molecule has 23 heavy (non-hydrogen) atoms. The number of ether oxygens (including phenoxy) is 1. The summed E-state index contributed by atoms with van der Waals surface area (Å²) < 4.78 is 6.67. The van der Waals surface area contributed by atoms with Gasteiger partial charge in [-0.3, -0.25) is 0 Å². The first-order valence-corrected chi connectivity index (χ1v) is 8.75. The summed E-state index contributed by atoms with van der Waals surface area (Å²) in [7, 11) is 0. The standard InChI is InChI=1S/C17H23N3O2S/c1-12-11-19(16(21)22-17(2,3)4)9-10-20(12)15-18-13-7-5-6-8-14(13)23-15/h5-8,12H,9-11H2,1-4H3. The van der Waals surface area contributed by atoms with Gasteiger partial charge in [0.2, 0.25) is 0 Å². The third kappa shape index (κ3) is 3.58. The molecule has 1 aliphatic heterocycles. The summed E-state index contributed by atoms with van der Waals surface area (Å²) >= 11 is 1.71. The van der Waals surface area contributed by atoms with Gasteiger partial charge in [-0.25, -0.2) is 9.78 Å². The number of amides is 1. The van der Waals surface area contributed by atoms with Gasteiger partial charge in [0.1, 0.15) is 5.60 Å². The molecule has 0 bridgehead atoms. The Kier molecular flexibility index (Phi) is 4.19. The number of thiazole rings is 1. The van der Waals surface area contributed by atoms with Crippen LogP contribution >= 0.6 is 11.3 Å². The zero-order chi connectivity index (χ0) is 16.6. The lowest BCUT2D eigenvalue weighted by molar-refractivity contribution is 0.0219. The van der Waals surface area contributed by atoms with Crippen LogP contribution in [0, 0.1) is 0 Å². The molecule has 1 saturated heterocycles. The van der Waals surface area contributed by atoms with Crippen LogP contribution in [0.4, 0.5) is 9.93 Å². The van der Waals surface area contributed by atoms with Gasteiger partial charge in [-0.15, -0.1) is 0 Å². The molecule has 124 valence electrons. The normalized spacial score (nSPS) is 19.2. The fourth-order valence-corrected chi connectivity index (χ4v) is 3.81. The summed E-state index contributed by atoms with van der Waals surface area (Å²) in [6.07, 6.45) is -0.228. The Bertz CT molecular complexity index is 674. The lowest BCUT2D eigenvalue weighted by Crippen LogP contribution is -2.54. The van der Waals surface area contributed by atoms with Crippen LogP contribution in [0.2, 0.25) is 0 Å². The number of para-hydroxylation sites is 1. The van der Waals surface area contributed by atoms with Crippen LogP contribution in [0.25, 0.3) is 10.2 Å². The maximum Gasteiger partial charge on any atom is 0.410 e. The first-order valence-electron chi connectivity index (χ1n) is 7.93. The minimum Gasteiger partial charge on any atom is -0.444 e. The maximum atomic E-state index is 12.2. The van der Waals surface area contributed by atoms with E-state index >= 15 is 0 Å². The quantitative estimate of drug-likeness (QED) is 0.797. The Morgan fingerprint density at radius 1 is 1.30 bits per heavy atom. The van der Waals surface area contributed by atoms with E-state index in [1.807, 2.05) is 39.0 Å². The number of hydrogen-bond donors (Lipinski definition) is 0. The fourth-order valence-electron chi connectivity index (χ4n) is 2.72. The molecule has 1 fully saturated rings. The second-order valence-electron chi connectivity index (χ2n) is 6.93. The van der Waals surface area contributed by atoms with E-state index in [1.165, 1.54) is 4.70 Å². The lowest BCUT2D eigenvalue weighted by Gasteiger charge is -2.40. The second-order valence-corrected chi connectivity index (χ2v) is 7.94. The summed E-state index contributed by atoms with van der Waals surface area (Å²) in [4.78, 5) is 21.0. The zero-order valence-corrected chi connectivity index (χ0v) is 14.9. The highest BCUT2D eigenvalue weighted by Gasteiger charge is 2.31. The molecule has 1 atom stereocenters. The van der Waals surface area contributed by atoms with Crippen molar-refractivity contribution in [2.45, 2.75) is 39.3 Å². The minimum absolute atomic E-state index is 0.219. The van der Waals surface area contributed by atoms with E-state index in [-0.39, 0.29) is 12.1 Å². The molecule has 1 aliphatic rings. The average Bonchev–Trinajstić information content (AvgIpc) is 2.88. The van der Waals surface area contributed by atoms with Gasteiger partial charge in [0.05, 0.1) is 10.2 Å². The van der Waals surface area contributed by atoms with Crippen molar-refractivity contribution in [3.8, 4) is 0 Å². The van der Waals surface area contributed by atoms with Crippen molar-refractivity contribution < 1.29 is 9.53 Å². The van der Waals surface area contributed by atoms with E-state index in [9.17, 15) is 4.79 Å². The molecule has 2 aromatic rings. The van der Waals surface area contributed by atoms with Crippen LogP contribution in [-0.4, -0.2) is 47.3 Å². The third-order valence-corrected chi connectivity index (χ3v) is 4.88. The van der Waals surface area contributed by atoms with E-state index in [4.69, 9.17) is 9.72 Å². The molecule has 0 radical (unpaired) electrons. The van der Waals surface area contributed by atoms with Gasteiger partial charge in [-0.1, -0.05) is 23.5 Å². The SMILES string of the molecule is CC1CN(C(=O)OC(C)(C)C)CCN1c1nc2ccccc2s1. The monoisotopic (exact) mass is 333 g/mol. The molecule has 0 spiro atoms. The Labute approximate surface area is 140 Å². The molecule has 1 amide bonds. The Morgan fingerprint density at radius 3 is 2.70 bits per heavy atom. The number of nitrogens with zero attached hydrogens (tertiary/aromatic N) is 3. The van der Waals surface area contributed by atoms with E-state index in [1.54, 1.807) is 16.2 Å². The first-order chi connectivity index (χ1) is 10.8. The van der Waals surface area contributed by atoms with Crippen molar-refractivity contribution in [3.05, 3.63) is 24.3 Å². The summed E-state index contributed by atoms with van der Waals surface area (Å²) in [5, 5.41) is 1.03. The van der Waals surface area contributed by atoms with Crippen molar-refractivity contribution in [2.24, 2.45) is 0 Å². The number of rotatable bonds is 1. The van der Waals surface area contributed by atoms with Crippen molar-refractivity contribution in [3.63, 3.8) is 0 Å².